The Morgan fingerprint density at radius 3 is 2.85 bits per heavy atom. The average Bonchev–Trinajstić information content (AvgIpc) is 3.26. The maximum absolute atomic E-state index is 13.9. The Morgan fingerprint density at radius 1 is 1.31 bits per heavy atom. The number of anilines is 1. The second kappa shape index (κ2) is 6.77. The van der Waals surface area contributed by atoms with E-state index >= 15 is 0 Å². The predicted molar refractivity (Wildman–Crippen MR) is 90.2 cm³/mol. The third-order valence-electron chi connectivity index (χ3n) is 4.28. The van der Waals surface area contributed by atoms with Crippen LogP contribution in [-0.4, -0.2) is 49.4 Å². The van der Waals surface area contributed by atoms with Crippen LogP contribution in [-0.2, 0) is 4.74 Å². The summed E-state index contributed by atoms with van der Waals surface area (Å²) in [6.45, 7) is -0.391. The number of ether oxygens (including phenoxy) is 1. The molecule has 0 spiro atoms. The number of aliphatic hydroxyl groups is 1. The molecule has 0 aliphatic carbocycles. The second-order valence-electron chi connectivity index (χ2n) is 5.93. The van der Waals surface area contributed by atoms with Crippen LogP contribution in [0.2, 0.25) is 0 Å². The van der Waals surface area contributed by atoms with Crippen LogP contribution < -0.4 is 5.32 Å². The predicted octanol–water partition coefficient (Wildman–Crippen LogP) is 1.70. The number of rotatable bonds is 4. The highest BCUT2D eigenvalue weighted by molar-refractivity contribution is 6.06. The van der Waals surface area contributed by atoms with E-state index in [0.29, 0.717) is 16.7 Å². The molecule has 1 amide bonds. The molecule has 2 aromatic heterocycles. The van der Waals surface area contributed by atoms with E-state index < -0.39 is 25.1 Å². The number of amides is 1. The number of nitrogens with one attached hydrogen (secondary N) is 1. The van der Waals surface area contributed by atoms with Crippen LogP contribution in [0.5, 0.6) is 0 Å². The monoisotopic (exact) mass is 357 g/mol. The van der Waals surface area contributed by atoms with Gasteiger partial charge in [-0.15, -0.1) is 0 Å². The van der Waals surface area contributed by atoms with E-state index in [0.717, 1.165) is 0 Å². The summed E-state index contributed by atoms with van der Waals surface area (Å²) in [5.74, 6) is -0.0578. The molecular weight excluding hydrogens is 341 g/mol. The summed E-state index contributed by atoms with van der Waals surface area (Å²) in [7, 11) is 0. The number of hydrogen-bond acceptors (Lipinski definition) is 6. The number of halogens is 1. The largest absolute Gasteiger partial charge is 0.394 e. The summed E-state index contributed by atoms with van der Waals surface area (Å²) in [6.07, 6.45) is 0.103. The first-order valence-corrected chi connectivity index (χ1v) is 8.11. The van der Waals surface area contributed by atoms with Gasteiger partial charge in [-0.3, -0.25) is 9.36 Å². The van der Waals surface area contributed by atoms with Crippen LogP contribution >= 0.6 is 0 Å². The number of benzene rings is 1. The number of carbonyl (C=O) groups is 1. The van der Waals surface area contributed by atoms with Crippen LogP contribution in [0.4, 0.5) is 10.2 Å². The topological polar surface area (TPSA) is 102 Å². The summed E-state index contributed by atoms with van der Waals surface area (Å²) in [4.78, 5) is 24.8. The Balaban J connectivity index is 1.63. The number of carbonyl (C=O) groups excluding carboxylic acids is 1. The highest BCUT2D eigenvalue weighted by atomic mass is 19.1. The zero-order valence-corrected chi connectivity index (χ0v) is 13.6. The smallest absolute Gasteiger partial charge is 0.256 e. The van der Waals surface area contributed by atoms with Gasteiger partial charge in [0.05, 0.1) is 12.9 Å². The molecule has 8 nitrogen and oxygen atoms in total. The molecule has 1 saturated heterocycles. The van der Waals surface area contributed by atoms with Gasteiger partial charge < -0.3 is 15.2 Å². The van der Waals surface area contributed by atoms with E-state index in [4.69, 9.17) is 9.84 Å². The maximum Gasteiger partial charge on any atom is 0.256 e. The lowest BCUT2D eigenvalue weighted by atomic mass is 10.2. The van der Waals surface area contributed by atoms with Gasteiger partial charge in [-0.25, -0.2) is 19.3 Å². The van der Waals surface area contributed by atoms with Crippen molar-refractivity contribution in [2.24, 2.45) is 0 Å². The molecule has 26 heavy (non-hydrogen) atoms. The average molecular weight is 357 g/mol. The molecule has 134 valence electrons. The molecule has 0 bridgehead atoms. The summed E-state index contributed by atoms with van der Waals surface area (Å²) in [5.41, 5.74) is 1.28. The SMILES string of the molecule is O=C(Nc1ncnc2c1ncn2[C@@H]1C[C@H](F)[C@@H](CO)O1)c1ccccc1. The Hall–Kier alpha value is -2.91. The van der Waals surface area contributed by atoms with Gasteiger partial charge >= 0.3 is 0 Å². The molecule has 3 heterocycles. The van der Waals surface area contributed by atoms with Crippen LogP contribution in [0.25, 0.3) is 11.2 Å². The normalized spacial score (nSPS) is 22.6. The number of nitrogens with zero attached hydrogens (tertiary/aromatic N) is 4. The Labute approximate surface area is 147 Å². The lowest BCUT2D eigenvalue weighted by Crippen LogP contribution is -2.21. The Morgan fingerprint density at radius 2 is 2.12 bits per heavy atom. The highest BCUT2D eigenvalue weighted by Gasteiger charge is 2.36. The maximum atomic E-state index is 13.9. The molecule has 2 N–H and O–H groups in total. The summed E-state index contributed by atoms with van der Waals surface area (Å²) < 4.78 is 21.0. The lowest BCUT2D eigenvalue weighted by Gasteiger charge is -2.13. The van der Waals surface area contributed by atoms with Gasteiger partial charge in [0.2, 0.25) is 0 Å². The standard InChI is InChI=1S/C17H16FN5O3/c18-11-6-13(26-12(11)7-24)23-9-21-14-15(19-8-20-16(14)23)22-17(25)10-4-2-1-3-5-10/h1-5,8-9,11-13,24H,6-7H2,(H,19,20,22,25)/t11-,12+,13-/m0/s1. The van der Waals surface area contributed by atoms with Gasteiger partial charge in [0.1, 0.15) is 24.8 Å². The van der Waals surface area contributed by atoms with Crippen molar-refractivity contribution < 1.29 is 19.0 Å². The van der Waals surface area contributed by atoms with Crippen LogP contribution in [0.1, 0.15) is 23.0 Å². The zero-order valence-electron chi connectivity index (χ0n) is 13.6. The van der Waals surface area contributed by atoms with Crippen molar-refractivity contribution in [3.8, 4) is 0 Å². The quantitative estimate of drug-likeness (QED) is 0.737. The van der Waals surface area contributed by atoms with Gasteiger partial charge in [0.25, 0.3) is 5.91 Å². The molecule has 1 fully saturated rings. The number of alkyl halides is 1. The van der Waals surface area contributed by atoms with Crippen molar-refractivity contribution in [1.82, 2.24) is 19.5 Å². The van der Waals surface area contributed by atoms with E-state index in [1.165, 1.54) is 12.7 Å². The summed E-state index contributed by atoms with van der Waals surface area (Å²) in [6, 6.07) is 8.73. The van der Waals surface area contributed by atoms with Gasteiger partial charge in [0.15, 0.2) is 17.0 Å². The van der Waals surface area contributed by atoms with Crippen LogP contribution in [0, 0.1) is 0 Å². The number of aromatic nitrogens is 4. The van der Waals surface area contributed by atoms with E-state index in [9.17, 15) is 9.18 Å². The van der Waals surface area contributed by atoms with Gasteiger partial charge in [-0.1, -0.05) is 18.2 Å². The second-order valence-corrected chi connectivity index (χ2v) is 5.93. The fourth-order valence-corrected chi connectivity index (χ4v) is 2.95. The van der Waals surface area contributed by atoms with E-state index in [1.807, 2.05) is 6.07 Å². The molecule has 0 saturated carbocycles. The molecule has 4 rings (SSSR count). The molecule has 0 unspecified atom stereocenters. The highest BCUT2D eigenvalue weighted by Crippen LogP contribution is 2.33. The van der Waals surface area contributed by atoms with E-state index in [-0.39, 0.29) is 18.1 Å². The minimum absolute atomic E-state index is 0.0897. The number of imidazole rings is 1. The number of hydrogen-bond donors (Lipinski definition) is 2. The van der Waals surface area contributed by atoms with Crippen molar-refractivity contribution >= 4 is 22.9 Å². The molecule has 1 aliphatic heterocycles. The zero-order chi connectivity index (χ0) is 18.1. The molecule has 0 radical (unpaired) electrons. The van der Waals surface area contributed by atoms with Crippen molar-refractivity contribution in [2.45, 2.75) is 24.9 Å². The molecule has 3 atom stereocenters. The first-order valence-electron chi connectivity index (χ1n) is 8.11. The first kappa shape index (κ1) is 16.6. The third kappa shape index (κ3) is 2.91. The minimum Gasteiger partial charge on any atom is -0.394 e. The first-order chi connectivity index (χ1) is 12.7. The minimum atomic E-state index is -1.26. The fourth-order valence-electron chi connectivity index (χ4n) is 2.95. The Bertz CT molecular complexity index is 933. The fraction of sp³-hybridized carbons (Fsp3) is 0.294. The van der Waals surface area contributed by atoms with E-state index in [2.05, 4.69) is 20.3 Å². The summed E-state index contributed by atoms with van der Waals surface area (Å²) >= 11 is 0. The number of aliphatic hydroxyl groups excluding tert-OH is 1. The van der Waals surface area contributed by atoms with Crippen LogP contribution in [0.15, 0.2) is 43.0 Å². The van der Waals surface area contributed by atoms with Crippen molar-refractivity contribution in [3.63, 3.8) is 0 Å². The van der Waals surface area contributed by atoms with Gasteiger partial charge in [0, 0.05) is 12.0 Å². The van der Waals surface area contributed by atoms with Crippen molar-refractivity contribution in [1.29, 1.82) is 0 Å². The Kier molecular flexibility index (Phi) is 4.31. The molecule has 1 aliphatic rings. The van der Waals surface area contributed by atoms with Crippen molar-refractivity contribution in [3.05, 3.63) is 48.5 Å². The summed E-state index contributed by atoms with van der Waals surface area (Å²) in [5, 5.41) is 11.9. The van der Waals surface area contributed by atoms with Crippen LogP contribution in [0.3, 0.4) is 0 Å². The third-order valence-corrected chi connectivity index (χ3v) is 4.28. The molecule has 9 heteroatoms. The van der Waals surface area contributed by atoms with Crippen molar-refractivity contribution in [2.75, 3.05) is 11.9 Å². The lowest BCUT2D eigenvalue weighted by molar-refractivity contribution is -0.0323. The molecule has 3 aromatic rings. The molecule has 1 aromatic carbocycles. The van der Waals surface area contributed by atoms with Gasteiger partial charge in [-0.2, -0.15) is 0 Å². The molecular formula is C17H16FN5O3. The van der Waals surface area contributed by atoms with Gasteiger partial charge in [-0.05, 0) is 12.1 Å². The number of fused-ring (bicyclic) bond motifs is 1. The van der Waals surface area contributed by atoms with E-state index in [1.54, 1.807) is 28.8 Å².